The molecule has 27 heavy (non-hydrogen) atoms. The lowest BCUT2D eigenvalue weighted by Gasteiger charge is -2.19. The lowest BCUT2D eigenvalue weighted by Crippen LogP contribution is -2.30. The zero-order chi connectivity index (χ0) is 18.6. The van der Waals surface area contributed by atoms with Gasteiger partial charge in [0.2, 0.25) is 16.9 Å². The highest BCUT2D eigenvalue weighted by Gasteiger charge is 2.25. The largest absolute Gasteiger partial charge is 0.311 e. The maximum absolute atomic E-state index is 12.6. The molecule has 1 N–H and O–H groups in total. The lowest BCUT2D eigenvalue weighted by molar-refractivity contribution is -0.120. The van der Waals surface area contributed by atoms with Gasteiger partial charge in [0.05, 0.1) is 5.75 Å². The zero-order valence-corrected chi connectivity index (χ0v) is 16.7. The molecule has 142 valence electrons. The Morgan fingerprint density at radius 3 is 2.85 bits per heavy atom. The fourth-order valence-electron chi connectivity index (χ4n) is 3.69. The van der Waals surface area contributed by atoms with Crippen molar-refractivity contribution in [2.45, 2.75) is 42.9 Å². The standard InChI is InChI=1S/C19H22N4O2S2/c24-16(23-11-10-13-6-4-5-9-15(13)23)12-26-19-22-21-18(27-19)20-17(25)14-7-2-1-3-8-14/h4-6,9,14H,1-3,7-8,10-12H2,(H,20,21,25). The van der Waals surface area contributed by atoms with Gasteiger partial charge in [-0.2, -0.15) is 0 Å². The number of carbonyl (C=O) groups is 2. The number of aromatic nitrogens is 2. The third-order valence-electron chi connectivity index (χ3n) is 5.12. The summed E-state index contributed by atoms with van der Waals surface area (Å²) >= 11 is 2.71. The van der Waals surface area contributed by atoms with E-state index in [9.17, 15) is 9.59 Å². The van der Waals surface area contributed by atoms with Gasteiger partial charge in [-0.3, -0.25) is 9.59 Å². The van der Waals surface area contributed by atoms with Gasteiger partial charge >= 0.3 is 0 Å². The highest BCUT2D eigenvalue weighted by Crippen LogP contribution is 2.31. The van der Waals surface area contributed by atoms with E-state index in [2.05, 4.69) is 21.6 Å². The first kappa shape index (κ1) is 18.4. The van der Waals surface area contributed by atoms with Crippen molar-refractivity contribution >= 4 is 45.7 Å². The number of thioether (sulfide) groups is 1. The van der Waals surface area contributed by atoms with Gasteiger partial charge in [0, 0.05) is 18.2 Å². The third-order valence-corrected chi connectivity index (χ3v) is 7.08. The first-order valence-corrected chi connectivity index (χ1v) is 11.2. The van der Waals surface area contributed by atoms with Crippen LogP contribution in [0.4, 0.5) is 10.8 Å². The monoisotopic (exact) mass is 402 g/mol. The molecule has 0 atom stereocenters. The van der Waals surface area contributed by atoms with E-state index in [1.54, 1.807) is 0 Å². The number of hydrogen-bond acceptors (Lipinski definition) is 6. The number of para-hydroxylation sites is 1. The molecule has 2 aliphatic rings. The Kier molecular flexibility index (Phi) is 5.73. The molecule has 0 bridgehead atoms. The number of fused-ring (bicyclic) bond motifs is 1. The summed E-state index contributed by atoms with van der Waals surface area (Å²) in [5, 5.41) is 11.6. The van der Waals surface area contributed by atoms with Gasteiger partial charge in [0.25, 0.3) is 0 Å². The molecule has 8 heteroatoms. The van der Waals surface area contributed by atoms with Crippen molar-refractivity contribution in [3.05, 3.63) is 29.8 Å². The van der Waals surface area contributed by atoms with E-state index in [1.165, 1.54) is 35.1 Å². The van der Waals surface area contributed by atoms with Crippen LogP contribution >= 0.6 is 23.1 Å². The average molecular weight is 403 g/mol. The van der Waals surface area contributed by atoms with Crippen molar-refractivity contribution < 1.29 is 9.59 Å². The minimum atomic E-state index is 0.0483. The maximum Gasteiger partial charge on any atom is 0.237 e. The zero-order valence-electron chi connectivity index (χ0n) is 15.0. The van der Waals surface area contributed by atoms with Gasteiger partial charge in [-0.15, -0.1) is 10.2 Å². The molecule has 1 aromatic carbocycles. The van der Waals surface area contributed by atoms with Crippen LogP contribution in [0.1, 0.15) is 37.7 Å². The van der Waals surface area contributed by atoms with E-state index in [1.807, 2.05) is 23.1 Å². The second-order valence-corrected chi connectivity index (χ2v) is 9.11. The van der Waals surface area contributed by atoms with E-state index >= 15 is 0 Å². The number of amides is 2. The summed E-state index contributed by atoms with van der Waals surface area (Å²) < 4.78 is 0.703. The molecule has 0 saturated heterocycles. The number of nitrogens with one attached hydrogen (secondary N) is 1. The highest BCUT2D eigenvalue weighted by atomic mass is 32.2. The Hall–Kier alpha value is -1.93. The third kappa shape index (κ3) is 4.32. The van der Waals surface area contributed by atoms with Crippen LogP contribution in [0.2, 0.25) is 0 Å². The molecular weight excluding hydrogens is 380 g/mol. The summed E-state index contributed by atoms with van der Waals surface area (Å²) in [6.45, 7) is 0.734. The first-order valence-electron chi connectivity index (χ1n) is 9.36. The number of nitrogens with zero attached hydrogens (tertiary/aromatic N) is 3. The van der Waals surface area contributed by atoms with Crippen molar-refractivity contribution in [1.82, 2.24) is 10.2 Å². The second kappa shape index (κ2) is 8.39. The summed E-state index contributed by atoms with van der Waals surface area (Å²) in [4.78, 5) is 26.7. The van der Waals surface area contributed by atoms with Crippen LogP contribution in [0, 0.1) is 5.92 Å². The van der Waals surface area contributed by atoms with Crippen LogP contribution in [0.3, 0.4) is 0 Å². The van der Waals surface area contributed by atoms with Crippen molar-refractivity contribution in [1.29, 1.82) is 0 Å². The Bertz CT molecular complexity index is 833. The van der Waals surface area contributed by atoms with Crippen LogP contribution in [-0.4, -0.2) is 34.3 Å². The van der Waals surface area contributed by atoms with Crippen molar-refractivity contribution in [3.8, 4) is 0 Å². The molecule has 4 rings (SSSR count). The van der Waals surface area contributed by atoms with Gasteiger partial charge < -0.3 is 10.2 Å². The van der Waals surface area contributed by atoms with Gasteiger partial charge in [-0.25, -0.2) is 0 Å². The predicted octanol–water partition coefficient (Wildman–Crippen LogP) is 3.74. The minimum Gasteiger partial charge on any atom is -0.311 e. The van der Waals surface area contributed by atoms with Crippen LogP contribution in [0.25, 0.3) is 0 Å². The number of anilines is 2. The molecule has 1 aliphatic heterocycles. The van der Waals surface area contributed by atoms with E-state index in [-0.39, 0.29) is 17.7 Å². The Labute approximate surface area is 166 Å². The molecule has 0 spiro atoms. The van der Waals surface area contributed by atoms with Gasteiger partial charge in [0.1, 0.15) is 0 Å². The van der Waals surface area contributed by atoms with Gasteiger partial charge in [-0.05, 0) is 30.9 Å². The molecule has 0 radical (unpaired) electrons. The molecule has 1 aliphatic carbocycles. The minimum absolute atomic E-state index is 0.0483. The van der Waals surface area contributed by atoms with E-state index in [0.717, 1.165) is 44.3 Å². The van der Waals surface area contributed by atoms with Crippen molar-refractivity contribution in [3.63, 3.8) is 0 Å². The SMILES string of the molecule is O=C(Nc1nnc(SCC(=O)N2CCc3ccccc32)s1)C1CCCCC1. The van der Waals surface area contributed by atoms with Crippen LogP contribution in [0.15, 0.2) is 28.6 Å². The smallest absolute Gasteiger partial charge is 0.237 e. The summed E-state index contributed by atoms with van der Waals surface area (Å²) in [6.07, 6.45) is 6.28. The fourth-order valence-corrected chi connectivity index (χ4v) is 5.32. The summed E-state index contributed by atoms with van der Waals surface area (Å²) in [7, 11) is 0. The van der Waals surface area contributed by atoms with Crippen LogP contribution in [0.5, 0.6) is 0 Å². The van der Waals surface area contributed by atoms with Crippen LogP contribution in [-0.2, 0) is 16.0 Å². The molecule has 2 heterocycles. The molecule has 1 aromatic heterocycles. The molecule has 2 aromatic rings. The maximum atomic E-state index is 12.6. The van der Waals surface area contributed by atoms with Crippen molar-refractivity contribution in [2.24, 2.45) is 5.92 Å². The van der Waals surface area contributed by atoms with Crippen molar-refractivity contribution in [2.75, 3.05) is 22.5 Å². The van der Waals surface area contributed by atoms with E-state index in [4.69, 9.17) is 0 Å². The highest BCUT2D eigenvalue weighted by molar-refractivity contribution is 8.01. The molecule has 0 unspecified atom stereocenters. The normalized spacial score (nSPS) is 17.0. The number of benzene rings is 1. The second-order valence-electron chi connectivity index (χ2n) is 6.91. The summed E-state index contributed by atoms with van der Waals surface area (Å²) in [6, 6.07) is 8.03. The molecule has 2 amide bonds. The molecular formula is C19H22N4O2S2. The Balaban J connectivity index is 1.29. The Morgan fingerprint density at radius 2 is 2.00 bits per heavy atom. The molecule has 6 nitrogen and oxygen atoms in total. The van der Waals surface area contributed by atoms with Gasteiger partial charge in [0.15, 0.2) is 4.34 Å². The quantitative estimate of drug-likeness (QED) is 0.609. The predicted molar refractivity (Wildman–Crippen MR) is 108 cm³/mol. The fraction of sp³-hybridized carbons (Fsp3) is 0.474. The number of rotatable bonds is 5. The van der Waals surface area contributed by atoms with Crippen LogP contribution < -0.4 is 10.2 Å². The first-order chi connectivity index (χ1) is 13.2. The molecule has 1 saturated carbocycles. The lowest BCUT2D eigenvalue weighted by atomic mass is 9.89. The topological polar surface area (TPSA) is 75.2 Å². The van der Waals surface area contributed by atoms with E-state index < -0.39 is 0 Å². The average Bonchev–Trinajstić information content (AvgIpc) is 3.33. The summed E-state index contributed by atoms with van der Waals surface area (Å²) in [5.41, 5.74) is 2.24. The van der Waals surface area contributed by atoms with E-state index in [0.29, 0.717) is 15.2 Å². The Morgan fingerprint density at radius 1 is 1.19 bits per heavy atom. The molecule has 1 fully saturated rings. The van der Waals surface area contributed by atoms with Gasteiger partial charge in [-0.1, -0.05) is 60.6 Å². The number of hydrogen-bond donors (Lipinski definition) is 1. The summed E-state index contributed by atoms with van der Waals surface area (Å²) in [5.74, 6) is 0.537. The number of carbonyl (C=O) groups excluding carboxylic acids is 2.